The lowest BCUT2D eigenvalue weighted by Gasteiger charge is -2.17. The summed E-state index contributed by atoms with van der Waals surface area (Å²) in [5.41, 5.74) is 11.6. The maximum atomic E-state index is 12.0. The highest BCUT2D eigenvalue weighted by molar-refractivity contribution is 7.71. The maximum absolute atomic E-state index is 12.0. The molecule has 0 aliphatic rings. The molecular weight excluding hydrogens is 394 g/mol. The second kappa shape index (κ2) is 9.83. The molecule has 148 valence electrons. The van der Waals surface area contributed by atoms with Gasteiger partial charge in [0.15, 0.2) is 22.2 Å². The zero-order valence-electron chi connectivity index (χ0n) is 15.1. The number of halogens is 1. The summed E-state index contributed by atoms with van der Waals surface area (Å²) in [5, 5.41) is 0. The molecule has 2 aromatic rings. The number of hydrogen-bond donors (Lipinski definition) is 3. The Morgan fingerprint density at radius 3 is 2.26 bits per heavy atom. The third-order valence-electron chi connectivity index (χ3n) is 3.63. The number of benzene rings is 1. The van der Waals surface area contributed by atoms with Crippen molar-refractivity contribution in [3.8, 4) is 28.5 Å². The normalized spacial score (nSPS) is 9.89. The highest BCUT2D eigenvalue weighted by atomic mass is 35.5. The van der Waals surface area contributed by atoms with Gasteiger partial charge in [0.1, 0.15) is 5.75 Å². The molecule has 0 bridgehead atoms. The molecule has 0 amide bonds. The number of aromatic amines is 1. The summed E-state index contributed by atoms with van der Waals surface area (Å²) >= 11 is 5.30. The van der Waals surface area contributed by atoms with Gasteiger partial charge in [-0.2, -0.15) is 0 Å². The van der Waals surface area contributed by atoms with Crippen LogP contribution in [0.3, 0.4) is 0 Å². The summed E-state index contributed by atoms with van der Waals surface area (Å²) in [5.74, 6) is 1.47. The molecule has 0 radical (unpaired) electrons. The lowest BCUT2D eigenvalue weighted by atomic mass is 10.1. The largest absolute Gasteiger partial charge is 0.496 e. The summed E-state index contributed by atoms with van der Waals surface area (Å²) in [4.78, 5) is 18.5. The van der Waals surface area contributed by atoms with Crippen molar-refractivity contribution in [2.75, 3.05) is 27.9 Å². The number of aliphatic imine (C=N–C) groups is 1. The Morgan fingerprint density at radius 2 is 1.70 bits per heavy atom. The molecule has 0 saturated carbocycles. The van der Waals surface area contributed by atoms with Crippen molar-refractivity contribution in [3.05, 3.63) is 33.3 Å². The van der Waals surface area contributed by atoms with E-state index in [2.05, 4.69) is 9.98 Å². The van der Waals surface area contributed by atoms with E-state index in [0.717, 1.165) is 0 Å². The molecular formula is C16H22ClN5O4S. The first-order valence-electron chi connectivity index (χ1n) is 7.61. The number of methoxy groups -OCH3 is 3. The Labute approximate surface area is 167 Å². The number of ether oxygens (including phenoxy) is 3. The predicted molar refractivity (Wildman–Crippen MR) is 109 cm³/mol. The number of nitrogens with one attached hydrogen (secondary N) is 1. The molecule has 0 saturated heterocycles. The molecule has 1 aromatic carbocycles. The first kappa shape index (κ1) is 22.3. The Morgan fingerprint density at radius 1 is 1.11 bits per heavy atom. The van der Waals surface area contributed by atoms with Crippen molar-refractivity contribution in [1.29, 1.82) is 0 Å². The number of H-pyrrole nitrogens is 1. The molecule has 0 aliphatic carbocycles. The Kier molecular flexibility index (Phi) is 8.13. The fourth-order valence-corrected chi connectivity index (χ4v) is 2.76. The van der Waals surface area contributed by atoms with Crippen molar-refractivity contribution < 1.29 is 14.2 Å². The molecule has 27 heavy (non-hydrogen) atoms. The fraction of sp³-hybridized carbons (Fsp3) is 0.312. The van der Waals surface area contributed by atoms with Gasteiger partial charge >= 0.3 is 0 Å². The Balaban J connectivity index is 0.00000364. The van der Waals surface area contributed by atoms with Crippen LogP contribution in [0.15, 0.2) is 28.0 Å². The summed E-state index contributed by atoms with van der Waals surface area (Å²) in [7, 11) is 4.58. The minimum Gasteiger partial charge on any atom is -0.496 e. The zero-order chi connectivity index (χ0) is 19.3. The molecule has 0 fully saturated rings. The summed E-state index contributed by atoms with van der Waals surface area (Å²) < 4.78 is 18.1. The van der Waals surface area contributed by atoms with Gasteiger partial charge in [0.25, 0.3) is 5.56 Å². The number of nitrogens with zero attached hydrogens (tertiary/aromatic N) is 2. The van der Waals surface area contributed by atoms with E-state index in [1.165, 1.54) is 27.4 Å². The van der Waals surface area contributed by atoms with E-state index in [1.807, 2.05) is 0 Å². The molecule has 0 atom stereocenters. The van der Waals surface area contributed by atoms with Crippen LogP contribution in [-0.2, 0) is 6.54 Å². The van der Waals surface area contributed by atoms with Crippen LogP contribution in [0.4, 0.5) is 0 Å². The molecule has 5 N–H and O–H groups in total. The number of rotatable bonds is 7. The van der Waals surface area contributed by atoms with Gasteiger partial charge in [0.05, 0.1) is 33.6 Å². The van der Waals surface area contributed by atoms with E-state index in [4.69, 9.17) is 37.9 Å². The van der Waals surface area contributed by atoms with Crippen molar-refractivity contribution in [2.24, 2.45) is 16.5 Å². The second-order valence-corrected chi connectivity index (χ2v) is 5.58. The number of hydrogen-bond acceptors (Lipinski definition) is 6. The van der Waals surface area contributed by atoms with Crippen LogP contribution in [0.2, 0.25) is 0 Å². The topological polar surface area (TPSA) is 130 Å². The molecule has 0 aliphatic heterocycles. The van der Waals surface area contributed by atoms with Crippen LogP contribution in [-0.4, -0.2) is 43.4 Å². The van der Waals surface area contributed by atoms with Gasteiger partial charge in [-0.05, 0) is 18.3 Å². The van der Waals surface area contributed by atoms with Crippen LogP contribution < -0.4 is 31.2 Å². The summed E-state index contributed by atoms with van der Waals surface area (Å²) in [6.45, 7) is 0.658. The van der Waals surface area contributed by atoms with Gasteiger partial charge < -0.3 is 30.2 Å². The first-order valence-corrected chi connectivity index (χ1v) is 8.02. The van der Waals surface area contributed by atoms with E-state index >= 15 is 0 Å². The Bertz CT molecular complexity index is 937. The van der Waals surface area contributed by atoms with E-state index in [9.17, 15) is 4.79 Å². The van der Waals surface area contributed by atoms with Crippen molar-refractivity contribution in [3.63, 3.8) is 0 Å². The molecule has 1 aromatic heterocycles. The van der Waals surface area contributed by atoms with Crippen molar-refractivity contribution in [1.82, 2.24) is 9.55 Å². The van der Waals surface area contributed by atoms with Gasteiger partial charge in [0, 0.05) is 24.2 Å². The van der Waals surface area contributed by atoms with E-state index in [1.54, 1.807) is 16.7 Å². The third-order valence-corrected chi connectivity index (χ3v) is 3.96. The molecule has 9 nitrogen and oxygen atoms in total. The Hall–Kier alpha value is -2.72. The average Bonchev–Trinajstić information content (AvgIpc) is 2.61. The lowest BCUT2D eigenvalue weighted by Crippen LogP contribution is -2.24. The molecule has 1 heterocycles. The van der Waals surface area contributed by atoms with Crippen molar-refractivity contribution in [2.45, 2.75) is 6.54 Å². The number of nitrogens with two attached hydrogens (primary N) is 2. The van der Waals surface area contributed by atoms with Gasteiger partial charge in [-0.25, -0.2) is 0 Å². The standard InChI is InChI=1S/C16H21N5O4S.ClH/c1-23-11-8-13(25-3)12(24-2)6-9(11)10-7-14(22)20-16(26)21(10)5-4-19-15(17)18;/h6-8H,4-5H2,1-3H3,(H4,17,18,19)(H,20,22,26);1H. The minimum atomic E-state index is -0.333. The highest BCUT2D eigenvalue weighted by Gasteiger charge is 2.17. The molecule has 0 spiro atoms. The smallest absolute Gasteiger partial charge is 0.252 e. The lowest BCUT2D eigenvalue weighted by molar-refractivity contribution is 0.349. The number of aromatic nitrogens is 2. The summed E-state index contributed by atoms with van der Waals surface area (Å²) in [6.07, 6.45) is 0. The zero-order valence-corrected chi connectivity index (χ0v) is 16.8. The number of guanidine groups is 1. The predicted octanol–water partition coefficient (Wildman–Crippen LogP) is 1.29. The highest BCUT2D eigenvalue weighted by Crippen LogP contribution is 2.39. The quantitative estimate of drug-likeness (QED) is 0.353. The monoisotopic (exact) mass is 415 g/mol. The van der Waals surface area contributed by atoms with Crippen molar-refractivity contribution >= 4 is 30.6 Å². The van der Waals surface area contributed by atoms with E-state index in [0.29, 0.717) is 41.6 Å². The third kappa shape index (κ3) is 5.14. The summed E-state index contributed by atoms with van der Waals surface area (Å²) in [6, 6.07) is 4.83. The van der Waals surface area contributed by atoms with Gasteiger partial charge in [-0.15, -0.1) is 12.4 Å². The maximum Gasteiger partial charge on any atom is 0.252 e. The van der Waals surface area contributed by atoms with Crippen LogP contribution in [0.5, 0.6) is 17.2 Å². The van der Waals surface area contributed by atoms with Gasteiger partial charge in [0.2, 0.25) is 0 Å². The van der Waals surface area contributed by atoms with E-state index in [-0.39, 0.29) is 28.7 Å². The van der Waals surface area contributed by atoms with E-state index < -0.39 is 0 Å². The second-order valence-electron chi connectivity index (χ2n) is 5.19. The fourth-order valence-electron chi connectivity index (χ4n) is 2.47. The van der Waals surface area contributed by atoms with Crippen LogP contribution in [0.25, 0.3) is 11.3 Å². The molecule has 0 unspecified atom stereocenters. The molecule has 11 heteroatoms. The van der Waals surface area contributed by atoms with Crippen LogP contribution in [0.1, 0.15) is 0 Å². The molecule has 2 rings (SSSR count). The average molecular weight is 416 g/mol. The first-order chi connectivity index (χ1) is 12.4. The van der Waals surface area contributed by atoms with Crippen LogP contribution >= 0.6 is 24.6 Å². The van der Waals surface area contributed by atoms with Gasteiger partial charge in [-0.3, -0.25) is 14.8 Å². The SMILES string of the molecule is COc1cc(OC)c(-c2cc(=O)[nH]c(=S)n2CCN=C(N)N)cc1OC.Cl. The minimum absolute atomic E-state index is 0. The van der Waals surface area contributed by atoms with Gasteiger partial charge in [-0.1, -0.05) is 0 Å². The van der Waals surface area contributed by atoms with Crippen LogP contribution in [0, 0.1) is 4.77 Å².